The van der Waals surface area contributed by atoms with E-state index in [0.29, 0.717) is 38.5 Å². The van der Waals surface area contributed by atoms with E-state index in [1.807, 2.05) is 46.8 Å². The summed E-state index contributed by atoms with van der Waals surface area (Å²) in [5, 5.41) is 6.99. The van der Waals surface area contributed by atoms with E-state index in [-0.39, 0.29) is 11.9 Å². The fourth-order valence-electron chi connectivity index (χ4n) is 4.68. The van der Waals surface area contributed by atoms with Crippen molar-refractivity contribution in [1.29, 1.82) is 0 Å². The predicted molar refractivity (Wildman–Crippen MR) is 131 cm³/mol. The molecule has 0 aliphatic carbocycles. The van der Waals surface area contributed by atoms with E-state index >= 15 is 0 Å². The number of fused-ring (bicyclic) bond motifs is 1. The Bertz CT molecular complexity index is 1260. The van der Waals surface area contributed by atoms with Crippen molar-refractivity contribution in [2.45, 2.75) is 38.8 Å². The van der Waals surface area contributed by atoms with Gasteiger partial charge in [-0.3, -0.25) is 9.78 Å². The minimum atomic E-state index is 0.148. The van der Waals surface area contributed by atoms with Gasteiger partial charge in [0.05, 0.1) is 13.0 Å². The molecule has 2 aromatic heterocycles. The lowest BCUT2D eigenvalue weighted by Gasteiger charge is -2.34. The minimum absolute atomic E-state index is 0.148. The molecule has 0 N–H and O–H groups in total. The summed E-state index contributed by atoms with van der Waals surface area (Å²) in [7, 11) is 0. The summed E-state index contributed by atoms with van der Waals surface area (Å²) < 4.78 is 7.47. The first kappa shape index (κ1) is 22.2. The van der Waals surface area contributed by atoms with Crippen LogP contribution in [-0.2, 0) is 22.5 Å². The second-order valence-corrected chi connectivity index (χ2v) is 8.69. The molecule has 174 valence electrons. The van der Waals surface area contributed by atoms with E-state index in [1.54, 1.807) is 12.4 Å². The fourth-order valence-corrected chi connectivity index (χ4v) is 4.68. The van der Waals surface area contributed by atoms with Crippen LogP contribution in [0.3, 0.4) is 0 Å². The van der Waals surface area contributed by atoms with E-state index in [4.69, 9.17) is 9.84 Å². The van der Waals surface area contributed by atoms with Crippen LogP contribution in [0.25, 0.3) is 22.2 Å². The van der Waals surface area contributed by atoms with Gasteiger partial charge in [-0.15, -0.1) is 0 Å². The molecule has 34 heavy (non-hydrogen) atoms. The second kappa shape index (κ2) is 10.1. The number of nitrogens with zero attached hydrogens (tertiary/aromatic N) is 5. The third kappa shape index (κ3) is 4.84. The normalized spacial score (nSPS) is 14.4. The maximum atomic E-state index is 13.6. The van der Waals surface area contributed by atoms with Crippen LogP contribution in [0.4, 0.5) is 0 Å². The molecule has 4 aromatic rings. The Labute approximate surface area is 199 Å². The van der Waals surface area contributed by atoms with Gasteiger partial charge in [0, 0.05) is 43.8 Å². The first-order valence-corrected chi connectivity index (χ1v) is 11.8. The van der Waals surface area contributed by atoms with Crippen molar-refractivity contribution < 1.29 is 9.53 Å². The fraction of sp³-hybridized carbons (Fsp3) is 0.333. The molecule has 1 fully saturated rings. The lowest BCUT2D eigenvalue weighted by Crippen LogP contribution is -2.45. The summed E-state index contributed by atoms with van der Waals surface area (Å²) in [4.78, 5) is 24.3. The maximum Gasteiger partial charge on any atom is 0.227 e. The average molecular weight is 456 g/mol. The second-order valence-electron chi connectivity index (χ2n) is 8.69. The van der Waals surface area contributed by atoms with E-state index < -0.39 is 0 Å². The number of ether oxygens (including phenoxy) is 1. The molecule has 5 rings (SSSR count). The van der Waals surface area contributed by atoms with Crippen LogP contribution in [0, 0.1) is 6.92 Å². The van der Waals surface area contributed by atoms with Gasteiger partial charge in [-0.25, -0.2) is 9.67 Å². The molecule has 1 aliphatic heterocycles. The van der Waals surface area contributed by atoms with Gasteiger partial charge in [-0.05, 0) is 48.2 Å². The van der Waals surface area contributed by atoms with Gasteiger partial charge in [-0.2, -0.15) is 5.10 Å². The molecule has 0 unspecified atom stereocenters. The highest BCUT2D eigenvalue weighted by Crippen LogP contribution is 2.22. The number of carbonyl (C=O) groups excluding carboxylic acids is 1. The van der Waals surface area contributed by atoms with Crippen molar-refractivity contribution in [2.24, 2.45) is 0 Å². The van der Waals surface area contributed by atoms with Gasteiger partial charge in [0.15, 0.2) is 5.82 Å². The molecule has 2 aromatic carbocycles. The Morgan fingerprint density at radius 1 is 1.06 bits per heavy atom. The summed E-state index contributed by atoms with van der Waals surface area (Å²) in [6.07, 6.45) is 5.59. The molecule has 7 heteroatoms. The number of hydrogen-bond acceptors (Lipinski definition) is 5. The molecule has 7 nitrogen and oxygen atoms in total. The first-order chi connectivity index (χ1) is 16.7. The zero-order valence-corrected chi connectivity index (χ0v) is 19.4. The molecule has 0 bridgehead atoms. The SMILES string of the molecule is Cc1nc(-c2ccncc2)nn1CCN(C(=O)Cc1cccc2ccccc12)C1CCOCC1. The van der Waals surface area contributed by atoms with Gasteiger partial charge in [-0.1, -0.05) is 42.5 Å². The highest BCUT2D eigenvalue weighted by atomic mass is 16.5. The molecule has 1 amide bonds. The number of aromatic nitrogens is 4. The average Bonchev–Trinajstić information content (AvgIpc) is 3.26. The van der Waals surface area contributed by atoms with Crippen LogP contribution in [0.5, 0.6) is 0 Å². The van der Waals surface area contributed by atoms with Crippen molar-refractivity contribution in [3.05, 3.63) is 78.4 Å². The largest absolute Gasteiger partial charge is 0.381 e. The molecule has 0 radical (unpaired) electrons. The smallest absolute Gasteiger partial charge is 0.227 e. The maximum absolute atomic E-state index is 13.6. The number of aryl methyl sites for hydroxylation is 1. The Morgan fingerprint density at radius 3 is 2.65 bits per heavy atom. The number of pyridine rings is 1. The molecule has 0 saturated carbocycles. The monoisotopic (exact) mass is 455 g/mol. The van der Waals surface area contributed by atoms with Crippen LogP contribution in [0.1, 0.15) is 24.2 Å². The molecular weight excluding hydrogens is 426 g/mol. The minimum Gasteiger partial charge on any atom is -0.381 e. The summed E-state index contributed by atoms with van der Waals surface area (Å²) >= 11 is 0. The van der Waals surface area contributed by atoms with Crippen molar-refractivity contribution in [2.75, 3.05) is 19.8 Å². The van der Waals surface area contributed by atoms with Crippen LogP contribution in [0.15, 0.2) is 67.0 Å². The third-order valence-electron chi connectivity index (χ3n) is 6.52. The van der Waals surface area contributed by atoms with E-state index in [0.717, 1.165) is 40.6 Å². The van der Waals surface area contributed by atoms with Crippen molar-refractivity contribution in [3.8, 4) is 11.4 Å². The Kier molecular flexibility index (Phi) is 6.62. The summed E-state index contributed by atoms with van der Waals surface area (Å²) in [5.74, 6) is 1.66. The molecular formula is C27H29N5O2. The zero-order chi connectivity index (χ0) is 23.3. The van der Waals surface area contributed by atoms with Crippen LogP contribution in [0.2, 0.25) is 0 Å². The quantitative estimate of drug-likeness (QED) is 0.420. The van der Waals surface area contributed by atoms with Crippen molar-refractivity contribution in [3.63, 3.8) is 0 Å². The zero-order valence-electron chi connectivity index (χ0n) is 19.4. The van der Waals surface area contributed by atoms with E-state index in [2.05, 4.69) is 34.2 Å². The number of amides is 1. The topological polar surface area (TPSA) is 73.1 Å². The van der Waals surface area contributed by atoms with Crippen LogP contribution < -0.4 is 0 Å². The Balaban J connectivity index is 1.35. The molecule has 3 heterocycles. The summed E-state index contributed by atoms with van der Waals surface area (Å²) in [5.41, 5.74) is 2.00. The van der Waals surface area contributed by atoms with Gasteiger partial charge < -0.3 is 9.64 Å². The first-order valence-electron chi connectivity index (χ1n) is 11.8. The third-order valence-corrected chi connectivity index (χ3v) is 6.52. The lowest BCUT2D eigenvalue weighted by molar-refractivity contribution is -0.134. The molecule has 1 saturated heterocycles. The standard InChI is InChI=1S/C27H29N5O2/c1-20-29-27(22-9-13-28-14-10-22)30-32(20)16-15-31(24-11-17-34-18-12-24)26(33)19-23-7-4-6-21-5-2-3-8-25(21)23/h2-10,13-14,24H,11-12,15-19H2,1H3. The number of benzene rings is 2. The van der Waals surface area contributed by atoms with Crippen molar-refractivity contribution in [1.82, 2.24) is 24.6 Å². The summed E-state index contributed by atoms with van der Waals surface area (Å²) in [6, 6.07) is 18.4. The lowest BCUT2D eigenvalue weighted by atomic mass is 10.0. The highest BCUT2D eigenvalue weighted by Gasteiger charge is 2.26. The van der Waals surface area contributed by atoms with E-state index in [1.165, 1.54) is 0 Å². The van der Waals surface area contributed by atoms with E-state index in [9.17, 15) is 4.79 Å². The van der Waals surface area contributed by atoms with Crippen LogP contribution in [-0.4, -0.2) is 56.4 Å². The highest BCUT2D eigenvalue weighted by molar-refractivity contribution is 5.90. The van der Waals surface area contributed by atoms with Gasteiger partial charge in [0.1, 0.15) is 5.82 Å². The van der Waals surface area contributed by atoms with Gasteiger partial charge in [0.2, 0.25) is 5.91 Å². The number of rotatable bonds is 7. The van der Waals surface area contributed by atoms with Crippen LogP contribution >= 0.6 is 0 Å². The summed E-state index contributed by atoms with van der Waals surface area (Å²) in [6.45, 7) is 4.53. The predicted octanol–water partition coefficient (Wildman–Crippen LogP) is 4.05. The Morgan fingerprint density at radius 2 is 1.82 bits per heavy atom. The molecule has 1 aliphatic rings. The number of hydrogen-bond donors (Lipinski definition) is 0. The number of carbonyl (C=O) groups is 1. The Hall–Kier alpha value is -3.58. The molecule has 0 spiro atoms. The molecule has 0 atom stereocenters. The van der Waals surface area contributed by atoms with Gasteiger partial charge in [0.25, 0.3) is 0 Å². The van der Waals surface area contributed by atoms with Gasteiger partial charge >= 0.3 is 0 Å². The van der Waals surface area contributed by atoms with Crippen molar-refractivity contribution >= 4 is 16.7 Å².